The molecule has 1 atom stereocenters. The summed E-state index contributed by atoms with van der Waals surface area (Å²) in [5.74, 6) is 0. The van der Waals surface area contributed by atoms with Gasteiger partial charge in [0, 0.05) is 46.3 Å². The fourth-order valence-corrected chi connectivity index (χ4v) is 5.40. The molecule has 0 bridgehead atoms. The van der Waals surface area contributed by atoms with E-state index in [1.54, 1.807) is 0 Å². The highest BCUT2D eigenvalue weighted by Gasteiger charge is 2.33. The Morgan fingerprint density at radius 2 is 1.76 bits per heavy atom. The Hall–Kier alpha value is -0.460. The molecule has 0 amide bonds. The largest absolute Gasteiger partial charge is 0.304 e. The number of rotatable bonds is 1. The molecule has 1 fully saturated rings. The number of fused-ring (bicyclic) bond motifs is 2. The maximum atomic E-state index is 6.35. The average Bonchev–Trinajstić information content (AvgIpc) is 2.72. The maximum Gasteiger partial charge on any atom is 0.0793 e. The molecule has 2 aromatic rings. The molecule has 2 aliphatic rings. The van der Waals surface area contributed by atoms with Gasteiger partial charge in [-0.25, -0.2) is 0 Å². The predicted molar refractivity (Wildman–Crippen MR) is 109 cm³/mol. The van der Waals surface area contributed by atoms with E-state index in [1.165, 1.54) is 22.4 Å². The van der Waals surface area contributed by atoms with Gasteiger partial charge in [0.15, 0.2) is 0 Å². The van der Waals surface area contributed by atoms with E-state index in [0.29, 0.717) is 0 Å². The molecule has 1 aliphatic heterocycles. The third-order valence-electron chi connectivity index (χ3n) is 5.25. The van der Waals surface area contributed by atoms with E-state index in [1.807, 2.05) is 12.3 Å². The molecule has 1 aromatic carbocycles. The van der Waals surface area contributed by atoms with Crippen molar-refractivity contribution >= 4 is 43.5 Å². The molecule has 132 valence electrons. The Kier molecular flexibility index (Phi) is 5.22. The lowest BCUT2D eigenvalue weighted by Crippen LogP contribution is -2.46. The van der Waals surface area contributed by atoms with Gasteiger partial charge in [-0.2, -0.15) is 0 Å². The minimum Gasteiger partial charge on any atom is -0.304 e. The smallest absolute Gasteiger partial charge is 0.0793 e. The molecule has 0 saturated carbocycles. The van der Waals surface area contributed by atoms with Crippen molar-refractivity contribution in [3.8, 4) is 0 Å². The van der Waals surface area contributed by atoms with Gasteiger partial charge < -0.3 is 4.90 Å². The summed E-state index contributed by atoms with van der Waals surface area (Å²) in [5, 5.41) is 0.794. The zero-order valence-electron chi connectivity index (χ0n) is 14.1. The highest BCUT2D eigenvalue weighted by Crippen LogP contribution is 2.41. The number of nitrogens with zero attached hydrogens (tertiary/aromatic N) is 3. The van der Waals surface area contributed by atoms with Gasteiger partial charge in [0.2, 0.25) is 0 Å². The summed E-state index contributed by atoms with van der Waals surface area (Å²) in [4.78, 5) is 9.82. The number of hydrogen-bond donors (Lipinski definition) is 0. The predicted octanol–water partition coefficient (Wildman–Crippen LogP) is 4.70. The monoisotopic (exact) mass is 483 g/mol. The molecule has 3 nitrogen and oxygen atoms in total. The van der Waals surface area contributed by atoms with Gasteiger partial charge in [-0.05, 0) is 70.7 Å². The van der Waals surface area contributed by atoms with Gasteiger partial charge in [-0.1, -0.05) is 27.5 Å². The number of likely N-dealkylation sites (N-methyl/N-ethyl adjacent to an activating group) is 1. The van der Waals surface area contributed by atoms with Crippen LogP contribution in [0.4, 0.5) is 0 Å². The second kappa shape index (κ2) is 7.28. The van der Waals surface area contributed by atoms with E-state index in [9.17, 15) is 0 Å². The molecule has 25 heavy (non-hydrogen) atoms. The molecule has 1 aliphatic carbocycles. The molecule has 0 N–H and O–H groups in total. The number of aryl methyl sites for hydroxylation is 2. The SMILES string of the molecule is CN1CCN(C2c3ncc(Br)cc3CCc3cc(Cl)cc(Br)c32)CC1. The minimum absolute atomic E-state index is 0.181. The van der Waals surface area contributed by atoms with Gasteiger partial charge in [-0.15, -0.1) is 0 Å². The van der Waals surface area contributed by atoms with E-state index < -0.39 is 0 Å². The molecule has 1 aromatic heterocycles. The van der Waals surface area contributed by atoms with Gasteiger partial charge in [-0.3, -0.25) is 9.88 Å². The highest BCUT2D eigenvalue weighted by molar-refractivity contribution is 9.10. The molecular formula is C19H20Br2ClN3. The van der Waals surface area contributed by atoms with Crippen LogP contribution in [0.3, 0.4) is 0 Å². The van der Waals surface area contributed by atoms with Crippen LogP contribution >= 0.6 is 43.5 Å². The summed E-state index contributed by atoms with van der Waals surface area (Å²) in [6.45, 7) is 4.27. The van der Waals surface area contributed by atoms with Crippen LogP contribution in [-0.2, 0) is 12.8 Å². The molecule has 6 heteroatoms. The molecule has 2 heterocycles. The first-order valence-corrected chi connectivity index (χ1v) is 10.5. The first-order valence-electron chi connectivity index (χ1n) is 8.57. The second-order valence-corrected chi connectivity index (χ2v) is 9.11. The number of pyridine rings is 1. The van der Waals surface area contributed by atoms with E-state index >= 15 is 0 Å². The van der Waals surface area contributed by atoms with Gasteiger partial charge in [0.25, 0.3) is 0 Å². The third kappa shape index (κ3) is 3.54. The second-order valence-electron chi connectivity index (χ2n) is 6.90. The lowest BCUT2D eigenvalue weighted by atomic mass is 9.96. The third-order valence-corrected chi connectivity index (χ3v) is 6.56. The van der Waals surface area contributed by atoms with Crippen molar-refractivity contribution in [3.63, 3.8) is 0 Å². The molecule has 1 saturated heterocycles. The van der Waals surface area contributed by atoms with Crippen LogP contribution in [0.15, 0.2) is 33.3 Å². The lowest BCUT2D eigenvalue weighted by molar-refractivity contribution is 0.125. The van der Waals surface area contributed by atoms with Gasteiger partial charge in [0.1, 0.15) is 0 Å². The van der Waals surface area contributed by atoms with Crippen molar-refractivity contribution < 1.29 is 0 Å². The van der Waals surface area contributed by atoms with Crippen molar-refractivity contribution in [3.05, 3.63) is 60.7 Å². The molecule has 0 spiro atoms. The number of benzene rings is 1. The van der Waals surface area contributed by atoms with Crippen LogP contribution in [0.5, 0.6) is 0 Å². The Balaban J connectivity index is 1.87. The summed E-state index contributed by atoms with van der Waals surface area (Å²) in [7, 11) is 2.19. The molecule has 0 radical (unpaired) electrons. The summed E-state index contributed by atoms with van der Waals surface area (Å²) in [6.07, 6.45) is 3.91. The standard InChI is InChI=1S/C19H20Br2ClN3/c1-24-4-6-25(7-5-24)19-17-12(9-15(22)10-16(17)21)2-3-13-8-14(20)11-23-18(13)19/h8-11,19H,2-7H2,1H3. The fourth-order valence-electron chi connectivity index (χ4n) is 3.93. The van der Waals surface area contributed by atoms with Crippen LogP contribution in [0.25, 0.3) is 0 Å². The highest BCUT2D eigenvalue weighted by atomic mass is 79.9. The van der Waals surface area contributed by atoms with Crippen LogP contribution in [0, 0.1) is 0 Å². The van der Waals surface area contributed by atoms with Crippen LogP contribution in [0.2, 0.25) is 5.02 Å². The first-order chi connectivity index (χ1) is 12.0. The Morgan fingerprint density at radius 3 is 2.52 bits per heavy atom. The van der Waals surface area contributed by atoms with Crippen molar-refractivity contribution in [2.75, 3.05) is 33.2 Å². The Labute approximate surface area is 170 Å². The zero-order valence-corrected chi connectivity index (χ0v) is 18.0. The van der Waals surface area contributed by atoms with Crippen molar-refractivity contribution in [2.24, 2.45) is 0 Å². The minimum atomic E-state index is 0.181. The van der Waals surface area contributed by atoms with E-state index in [2.05, 4.69) is 60.8 Å². The maximum absolute atomic E-state index is 6.35. The first kappa shape index (κ1) is 17.9. The van der Waals surface area contributed by atoms with E-state index in [-0.39, 0.29) is 6.04 Å². The van der Waals surface area contributed by atoms with Gasteiger partial charge >= 0.3 is 0 Å². The van der Waals surface area contributed by atoms with Crippen LogP contribution < -0.4 is 0 Å². The number of halogens is 3. The van der Waals surface area contributed by atoms with Crippen molar-refractivity contribution in [2.45, 2.75) is 18.9 Å². The average molecular weight is 486 g/mol. The topological polar surface area (TPSA) is 19.4 Å². The van der Waals surface area contributed by atoms with Crippen molar-refractivity contribution in [1.82, 2.24) is 14.8 Å². The quantitative estimate of drug-likeness (QED) is 0.584. The molecular weight excluding hydrogens is 465 g/mol. The summed E-state index contributed by atoms with van der Waals surface area (Å²) >= 11 is 13.7. The zero-order chi connectivity index (χ0) is 17.6. The normalized spacial score (nSPS) is 21.5. The van der Waals surface area contributed by atoms with E-state index in [4.69, 9.17) is 16.6 Å². The summed E-state index contributed by atoms with van der Waals surface area (Å²) in [6, 6.07) is 6.56. The summed E-state index contributed by atoms with van der Waals surface area (Å²) in [5.41, 5.74) is 5.19. The van der Waals surface area contributed by atoms with Crippen LogP contribution in [-0.4, -0.2) is 48.0 Å². The van der Waals surface area contributed by atoms with E-state index in [0.717, 1.165) is 53.0 Å². The Bertz CT molecular complexity index is 803. The van der Waals surface area contributed by atoms with Crippen molar-refractivity contribution in [1.29, 1.82) is 0 Å². The fraction of sp³-hybridized carbons (Fsp3) is 0.421. The Morgan fingerprint density at radius 1 is 1.04 bits per heavy atom. The number of piperazine rings is 1. The molecule has 4 rings (SSSR count). The van der Waals surface area contributed by atoms with Gasteiger partial charge in [0.05, 0.1) is 11.7 Å². The number of hydrogen-bond acceptors (Lipinski definition) is 3. The summed E-state index contributed by atoms with van der Waals surface area (Å²) < 4.78 is 2.14. The number of aromatic nitrogens is 1. The lowest BCUT2D eigenvalue weighted by Gasteiger charge is -2.39. The molecule has 1 unspecified atom stereocenters. The van der Waals surface area contributed by atoms with Crippen LogP contribution in [0.1, 0.15) is 28.4 Å².